The van der Waals surface area contributed by atoms with Crippen LogP contribution < -0.4 is 0 Å². The van der Waals surface area contributed by atoms with Crippen LogP contribution in [0.2, 0.25) is 0 Å². The number of hydrogen-bond donors (Lipinski definition) is 0. The van der Waals surface area contributed by atoms with Gasteiger partial charge in [0.25, 0.3) is 0 Å². The van der Waals surface area contributed by atoms with E-state index in [2.05, 4.69) is 115 Å². The van der Waals surface area contributed by atoms with Crippen molar-refractivity contribution in [2.75, 3.05) is 0 Å². The number of aromatic nitrogens is 3. The van der Waals surface area contributed by atoms with Crippen molar-refractivity contribution in [3.05, 3.63) is 152 Å². The van der Waals surface area contributed by atoms with Crippen LogP contribution in [0.4, 0.5) is 0 Å². The van der Waals surface area contributed by atoms with Gasteiger partial charge in [-0.05, 0) is 40.8 Å². The Morgan fingerprint density at radius 2 is 1.04 bits per heavy atom. The van der Waals surface area contributed by atoms with Crippen LogP contribution in [0.3, 0.4) is 0 Å². The van der Waals surface area contributed by atoms with E-state index in [-0.39, 0.29) is 0 Å². The zero-order valence-electron chi connectivity index (χ0n) is 25.6. The fourth-order valence-corrected chi connectivity index (χ4v) is 8.04. The molecular formula is C43H25N3OS. The quantitative estimate of drug-likeness (QED) is 0.194. The fourth-order valence-electron chi connectivity index (χ4n) is 6.89. The molecule has 0 aliphatic heterocycles. The number of thiophene rings is 1. The van der Waals surface area contributed by atoms with Crippen molar-refractivity contribution in [1.29, 1.82) is 0 Å². The predicted octanol–water partition coefficient (Wildman–Crippen LogP) is 12.0. The van der Waals surface area contributed by atoms with Gasteiger partial charge in [-0.1, -0.05) is 127 Å². The molecule has 0 saturated carbocycles. The van der Waals surface area contributed by atoms with Crippen LogP contribution in [0.1, 0.15) is 0 Å². The number of furan rings is 1. The van der Waals surface area contributed by atoms with E-state index in [1.54, 1.807) is 11.3 Å². The summed E-state index contributed by atoms with van der Waals surface area (Å²) in [5.41, 5.74) is 6.73. The van der Waals surface area contributed by atoms with Gasteiger partial charge in [0.1, 0.15) is 11.2 Å². The second-order valence-corrected chi connectivity index (χ2v) is 13.1. The molecule has 0 spiro atoms. The molecule has 0 atom stereocenters. The molecule has 224 valence electrons. The summed E-state index contributed by atoms with van der Waals surface area (Å²) in [5, 5.41) is 6.68. The van der Waals surface area contributed by atoms with Gasteiger partial charge in [0.2, 0.25) is 0 Å². The van der Waals surface area contributed by atoms with Crippen molar-refractivity contribution in [2.45, 2.75) is 0 Å². The highest BCUT2D eigenvalue weighted by molar-refractivity contribution is 7.25. The van der Waals surface area contributed by atoms with Gasteiger partial charge >= 0.3 is 0 Å². The van der Waals surface area contributed by atoms with Crippen molar-refractivity contribution in [3.63, 3.8) is 0 Å². The number of benzene rings is 7. The molecule has 0 aliphatic carbocycles. The highest BCUT2D eigenvalue weighted by atomic mass is 32.1. The molecule has 0 saturated heterocycles. The van der Waals surface area contributed by atoms with E-state index in [9.17, 15) is 0 Å². The zero-order valence-corrected chi connectivity index (χ0v) is 26.4. The molecule has 7 aromatic carbocycles. The van der Waals surface area contributed by atoms with E-state index in [4.69, 9.17) is 19.4 Å². The van der Waals surface area contributed by atoms with Gasteiger partial charge in [-0.25, -0.2) is 15.0 Å². The van der Waals surface area contributed by atoms with Gasteiger partial charge in [0.05, 0.1) is 0 Å². The Morgan fingerprint density at radius 3 is 1.88 bits per heavy atom. The number of rotatable bonds is 4. The van der Waals surface area contributed by atoms with Crippen molar-refractivity contribution in [3.8, 4) is 45.3 Å². The van der Waals surface area contributed by atoms with Crippen molar-refractivity contribution in [2.24, 2.45) is 0 Å². The standard InChI is InChI=1S/C43H25N3OS/c1-3-12-26(13-4-1)29-18-11-19-32-34(29)25-35(39-33-17-7-9-20-36(33)47-40(32)39)43-45-41(27-14-5-2-6-15-27)44-42(46-43)28-22-23-31-30-16-8-10-21-37(30)48-38(31)24-28/h1-25H. The SMILES string of the molecule is c1ccc(-c2nc(-c3ccc4c(c3)sc3ccccc34)nc(-c3cc4c(-c5ccccc5)cccc4c4oc5ccccc5c34)n2)cc1. The number of para-hydroxylation sites is 1. The summed E-state index contributed by atoms with van der Waals surface area (Å²) in [6.07, 6.45) is 0. The fraction of sp³-hybridized carbons (Fsp3) is 0. The molecule has 10 rings (SSSR count). The second kappa shape index (κ2) is 10.7. The van der Waals surface area contributed by atoms with E-state index < -0.39 is 0 Å². The number of nitrogens with zero attached hydrogens (tertiary/aromatic N) is 3. The number of hydrogen-bond acceptors (Lipinski definition) is 5. The third kappa shape index (κ3) is 4.25. The summed E-state index contributed by atoms with van der Waals surface area (Å²) < 4.78 is 9.13. The van der Waals surface area contributed by atoms with Gasteiger partial charge in [-0.2, -0.15) is 0 Å². The van der Waals surface area contributed by atoms with Gasteiger partial charge in [-0.15, -0.1) is 11.3 Å². The Bertz CT molecular complexity index is 2840. The Morgan fingerprint density at radius 1 is 0.396 bits per heavy atom. The van der Waals surface area contributed by atoms with E-state index >= 15 is 0 Å². The maximum absolute atomic E-state index is 6.66. The maximum atomic E-state index is 6.66. The molecule has 0 unspecified atom stereocenters. The predicted molar refractivity (Wildman–Crippen MR) is 199 cm³/mol. The molecule has 0 radical (unpaired) electrons. The van der Waals surface area contributed by atoms with Crippen LogP contribution in [0.15, 0.2) is 156 Å². The third-order valence-electron chi connectivity index (χ3n) is 9.13. The first-order chi connectivity index (χ1) is 23.8. The smallest absolute Gasteiger partial charge is 0.164 e. The van der Waals surface area contributed by atoms with Crippen LogP contribution in [-0.2, 0) is 0 Å². The summed E-state index contributed by atoms with van der Waals surface area (Å²) in [6.45, 7) is 0. The van der Waals surface area contributed by atoms with Crippen LogP contribution in [-0.4, -0.2) is 15.0 Å². The first kappa shape index (κ1) is 27.0. The monoisotopic (exact) mass is 631 g/mol. The summed E-state index contributed by atoms with van der Waals surface area (Å²) in [6, 6.07) is 52.6. The molecule has 0 N–H and O–H groups in total. The second-order valence-electron chi connectivity index (χ2n) is 12.0. The van der Waals surface area contributed by atoms with Crippen LogP contribution in [0.5, 0.6) is 0 Å². The lowest BCUT2D eigenvalue weighted by atomic mass is 9.93. The van der Waals surface area contributed by atoms with Crippen LogP contribution in [0.25, 0.3) is 98.2 Å². The summed E-state index contributed by atoms with van der Waals surface area (Å²) in [4.78, 5) is 15.5. The van der Waals surface area contributed by atoms with E-state index in [0.717, 1.165) is 60.5 Å². The molecule has 0 fully saturated rings. The molecule has 0 bridgehead atoms. The van der Waals surface area contributed by atoms with E-state index in [0.29, 0.717) is 17.5 Å². The first-order valence-electron chi connectivity index (χ1n) is 15.9. The minimum Gasteiger partial charge on any atom is -0.455 e. The Balaban J connectivity index is 1.29. The van der Waals surface area contributed by atoms with E-state index in [1.807, 2.05) is 36.4 Å². The van der Waals surface area contributed by atoms with Gasteiger partial charge < -0.3 is 4.42 Å². The van der Waals surface area contributed by atoms with Crippen molar-refractivity contribution < 1.29 is 4.42 Å². The molecule has 5 heteroatoms. The van der Waals surface area contributed by atoms with Crippen LogP contribution in [0, 0.1) is 0 Å². The summed E-state index contributed by atoms with van der Waals surface area (Å²) in [5.74, 6) is 1.87. The number of fused-ring (bicyclic) bond motifs is 8. The van der Waals surface area contributed by atoms with Crippen molar-refractivity contribution in [1.82, 2.24) is 15.0 Å². The van der Waals surface area contributed by atoms with E-state index in [1.165, 1.54) is 20.2 Å². The molecule has 10 aromatic rings. The molecule has 48 heavy (non-hydrogen) atoms. The summed E-state index contributed by atoms with van der Waals surface area (Å²) >= 11 is 1.79. The lowest BCUT2D eigenvalue weighted by Gasteiger charge is -2.12. The third-order valence-corrected chi connectivity index (χ3v) is 10.3. The largest absolute Gasteiger partial charge is 0.455 e. The molecular weight excluding hydrogens is 607 g/mol. The van der Waals surface area contributed by atoms with Gasteiger partial charge in [-0.3, -0.25) is 0 Å². The molecule has 0 amide bonds. The van der Waals surface area contributed by atoms with Gasteiger partial charge in [0, 0.05) is 53.0 Å². The Kier molecular flexibility index (Phi) is 6.01. The highest BCUT2D eigenvalue weighted by Crippen LogP contribution is 2.43. The topological polar surface area (TPSA) is 51.8 Å². The first-order valence-corrected chi connectivity index (χ1v) is 16.8. The molecule has 0 aliphatic rings. The zero-order chi connectivity index (χ0) is 31.6. The maximum Gasteiger partial charge on any atom is 0.164 e. The average molecular weight is 632 g/mol. The summed E-state index contributed by atoms with van der Waals surface area (Å²) in [7, 11) is 0. The normalized spacial score (nSPS) is 11.8. The molecule has 3 aromatic heterocycles. The lowest BCUT2D eigenvalue weighted by molar-refractivity contribution is 0.672. The highest BCUT2D eigenvalue weighted by Gasteiger charge is 2.21. The average Bonchev–Trinajstić information content (AvgIpc) is 3.73. The van der Waals surface area contributed by atoms with Crippen LogP contribution >= 0.6 is 11.3 Å². The minimum absolute atomic E-state index is 0.608. The Hall–Kier alpha value is -6.17. The Labute approximate surface area is 279 Å². The van der Waals surface area contributed by atoms with Crippen molar-refractivity contribution >= 4 is 64.2 Å². The minimum atomic E-state index is 0.608. The molecule has 4 nitrogen and oxygen atoms in total. The lowest BCUT2D eigenvalue weighted by Crippen LogP contribution is -2.00. The molecule has 3 heterocycles. The van der Waals surface area contributed by atoms with Gasteiger partial charge in [0.15, 0.2) is 17.5 Å².